The van der Waals surface area contributed by atoms with Gasteiger partial charge in [-0.3, -0.25) is 4.39 Å². The Kier molecular flexibility index (Phi) is 8.64. The van der Waals surface area contributed by atoms with Gasteiger partial charge in [0.05, 0.1) is 6.67 Å². The quantitative estimate of drug-likeness (QED) is 0.210. The van der Waals surface area contributed by atoms with Crippen LogP contribution in [0, 0.1) is 23.4 Å². The molecule has 0 atom stereocenters. The summed E-state index contributed by atoms with van der Waals surface area (Å²) in [4.78, 5) is 0. The van der Waals surface area contributed by atoms with E-state index in [-0.39, 0.29) is 23.9 Å². The van der Waals surface area contributed by atoms with Crippen LogP contribution in [0.15, 0.2) is 54.6 Å². The molecule has 0 amide bonds. The van der Waals surface area contributed by atoms with Gasteiger partial charge in [-0.1, -0.05) is 56.2 Å². The number of benzene rings is 3. The lowest BCUT2D eigenvalue weighted by molar-refractivity contribution is 0.318. The number of rotatable bonds is 9. The standard InChI is InChI=1S/C31H34F4/c1-2-21-7-9-22(10-8-21)24-13-15-27(30(34)18-24)26-14-16-28(31(35)20-26)25-12-11-23(29(33)19-25)6-4-3-5-17-32/h11-16,18-22H,2-10,17H2,1H3. The summed E-state index contributed by atoms with van der Waals surface area (Å²) in [5.41, 5.74) is 3.14. The highest BCUT2D eigenvalue weighted by Crippen LogP contribution is 2.38. The summed E-state index contributed by atoms with van der Waals surface area (Å²) in [5.74, 6) is -0.0637. The molecule has 1 fully saturated rings. The van der Waals surface area contributed by atoms with Gasteiger partial charge in [-0.05, 0) is 97.2 Å². The first-order chi connectivity index (χ1) is 17.0. The molecule has 0 nitrogen and oxygen atoms in total. The predicted octanol–water partition coefficient (Wildman–Crippen LogP) is 9.80. The van der Waals surface area contributed by atoms with E-state index in [1.54, 1.807) is 36.4 Å². The summed E-state index contributed by atoms with van der Waals surface area (Å²) in [6, 6.07) is 14.6. The minimum atomic E-state index is -0.515. The van der Waals surface area contributed by atoms with Crippen molar-refractivity contribution in [1.82, 2.24) is 0 Å². The lowest BCUT2D eigenvalue weighted by Crippen LogP contribution is -2.12. The molecule has 0 saturated heterocycles. The van der Waals surface area contributed by atoms with Crippen LogP contribution in [-0.4, -0.2) is 6.67 Å². The van der Waals surface area contributed by atoms with Gasteiger partial charge in [0.15, 0.2) is 0 Å². The van der Waals surface area contributed by atoms with Crippen molar-refractivity contribution in [2.75, 3.05) is 6.67 Å². The number of alkyl halides is 1. The summed E-state index contributed by atoms with van der Waals surface area (Å²) in [7, 11) is 0. The van der Waals surface area contributed by atoms with Crippen LogP contribution < -0.4 is 0 Å². The van der Waals surface area contributed by atoms with E-state index in [2.05, 4.69) is 6.92 Å². The van der Waals surface area contributed by atoms with Crippen LogP contribution in [0.4, 0.5) is 17.6 Å². The lowest BCUT2D eigenvalue weighted by atomic mass is 9.77. The van der Waals surface area contributed by atoms with Gasteiger partial charge in [0.1, 0.15) is 17.5 Å². The first-order valence-corrected chi connectivity index (χ1v) is 12.9. The Morgan fingerprint density at radius 1 is 0.686 bits per heavy atom. The van der Waals surface area contributed by atoms with E-state index in [0.29, 0.717) is 53.9 Å². The van der Waals surface area contributed by atoms with Gasteiger partial charge in [-0.15, -0.1) is 0 Å². The molecule has 0 N–H and O–H groups in total. The van der Waals surface area contributed by atoms with Gasteiger partial charge in [-0.25, -0.2) is 13.2 Å². The molecule has 3 aromatic carbocycles. The van der Waals surface area contributed by atoms with Gasteiger partial charge in [0.2, 0.25) is 0 Å². The topological polar surface area (TPSA) is 0 Å². The Morgan fingerprint density at radius 2 is 1.31 bits per heavy atom. The van der Waals surface area contributed by atoms with Crippen LogP contribution >= 0.6 is 0 Å². The zero-order valence-corrected chi connectivity index (χ0v) is 20.4. The van der Waals surface area contributed by atoms with Crippen molar-refractivity contribution in [3.63, 3.8) is 0 Å². The molecule has 186 valence electrons. The molecule has 0 radical (unpaired) electrons. The highest BCUT2D eigenvalue weighted by Gasteiger charge is 2.22. The summed E-state index contributed by atoms with van der Waals surface area (Å²) in [5, 5.41) is 0. The second kappa shape index (κ2) is 11.9. The molecule has 0 spiro atoms. The van der Waals surface area contributed by atoms with E-state index in [9.17, 15) is 8.78 Å². The van der Waals surface area contributed by atoms with Gasteiger partial charge < -0.3 is 0 Å². The fraction of sp³-hybridized carbons (Fsp3) is 0.419. The number of hydrogen-bond donors (Lipinski definition) is 0. The largest absolute Gasteiger partial charge is 0.251 e. The highest BCUT2D eigenvalue weighted by molar-refractivity contribution is 5.71. The molecule has 3 aromatic rings. The molecule has 1 aliphatic rings. The molecule has 35 heavy (non-hydrogen) atoms. The van der Waals surface area contributed by atoms with E-state index in [0.717, 1.165) is 24.3 Å². The molecule has 0 heterocycles. The second-order valence-corrected chi connectivity index (χ2v) is 9.87. The van der Waals surface area contributed by atoms with Crippen LogP contribution in [0.2, 0.25) is 0 Å². The Morgan fingerprint density at radius 3 is 1.91 bits per heavy atom. The second-order valence-electron chi connectivity index (χ2n) is 9.87. The zero-order chi connectivity index (χ0) is 24.8. The molecule has 0 aromatic heterocycles. The van der Waals surface area contributed by atoms with Gasteiger partial charge in [0, 0.05) is 11.1 Å². The number of unbranched alkanes of at least 4 members (excludes halogenated alkanes) is 2. The summed E-state index contributed by atoms with van der Waals surface area (Å²) >= 11 is 0. The van der Waals surface area contributed by atoms with Crippen molar-refractivity contribution < 1.29 is 17.6 Å². The zero-order valence-electron chi connectivity index (χ0n) is 20.4. The number of halogens is 4. The van der Waals surface area contributed by atoms with Crippen molar-refractivity contribution >= 4 is 0 Å². The average Bonchev–Trinajstić information content (AvgIpc) is 2.87. The molecular weight excluding hydrogens is 448 g/mol. The third-order valence-corrected chi connectivity index (χ3v) is 7.61. The van der Waals surface area contributed by atoms with Crippen molar-refractivity contribution in [3.8, 4) is 22.3 Å². The maximum Gasteiger partial charge on any atom is 0.131 e. The molecule has 4 rings (SSSR count). The Labute approximate surface area is 206 Å². The first kappa shape index (κ1) is 25.5. The minimum absolute atomic E-state index is 0.279. The monoisotopic (exact) mass is 482 g/mol. The molecular formula is C31H34F4. The molecule has 0 aliphatic heterocycles. The fourth-order valence-corrected chi connectivity index (χ4v) is 5.34. The van der Waals surface area contributed by atoms with E-state index >= 15 is 8.78 Å². The Bertz CT molecular complexity index is 1130. The smallest absolute Gasteiger partial charge is 0.131 e. The normalized spacial score (nSPS) is 18.1. The van der Waals surface area contributed by atoms with Crippen molar-refractivity contribution in [2.24, 2.45) is 5.92 Å². The third kappa shape index (κ3) is 6.15. The minimum Gasteiger partial charge on any atom is -0.251 e. The SMILES string of the molecule is CCC1CCC(c2ccc(-c3ccc(-c4ccc(CCCCCF)c(F)c4)c(F)c3)c(F)c2)CC1. The first-order valence-electron chi connectivity index (χ1n) is 12.9. The van der Waals surface area contributed by atoms with Crippen molar-refractivity contribution in [1.29, 1.82) is 0 Å². The highest BCUT2D eigenvalue weighted by atomic mass is 19.1. The van der Waals surface area contributed by atoms with E-state index < -0.39 is 5.82 Å². The molecule has 1 aliphatic carbocycles. The van der Waals surface area contributed by atoms with E-state index in [1.165, 1.54) is 31.4 Å². The molecule has 1 saturated carbocycles. The summed E-state index contributed by atoms with van der Waals surface area (Å²) in [6.45, 7) is 1.87. The van der Waals surface area contributed by atoms with Gasteiger partial charge in [-0.2, -0.15) is 0 Å². The lowest BCUT2D eigenvalue weighted by Gasteiger charge is -2.28. The van der Waals surface area contributed by atoms with Gasteiger partial charge >= 0.3 is 0 Å². The number of aryl methyl sites for hydroxylation is 1. The Balaban J connectivity index is 1.49. The molecule has 0 bridgehead atoms. The Hall–Kier alpha value is -2.62. The van der Waals surface area contributed by atoms with E-state index in [4.69, 9.17) is 0 Å². The van der Waals surface area contributed by atoms with E-state index in [1.807, 2.05) is 6.07 Å². The van der Waals surface area contributed by atoms with Gasteiger partial charge in [0.25, 0.3) is 0 Å². The van der Waals surface area contributed by atoms with Crippen LogP contribution in [0.25, 0.3) is 22.3 Å². The molecule has 0 unspecified atom stereocenters. The molecule has 4 heteroatoms. The van der Waals surface area contributed by atoms with Crippen LogP contribution in [0.1, 0.15) is 75.3 Å². The average molecular weight is 483 g/mol. The fourth-order valence-electron chi connectivity index (χ4n) is 5.34. The third-order valence-electron chi connectivity index (χ3n) is 7.61. The summed E-state index contributed by atoms with van der Waals surface area (Å²) in [6.07, 6.45) is 8.22. The van der Waals surface area contributed by atoms with Crippen molar-refractivity contribution in [3.05, 3.63) is 83.2 Å². The predicted molar refractivity (Wildman–Crippen MR) is 136 cm³/mol. The van der Waals surface area contributed by atoms with Crippen LogP contribution in [0.3, 0.4) is 0 Å². The van der Waals surface area contributed by atoms with Crippen LogP contribution in [-0.2, 0) is 6.42 Å². The van der Waals surface area contributed by atoms with Crippen molar-refractivity contribution in [2.45, 2.75) is 70.6 Å². The maximum atomic E-state index is 15.0. The maximum absolute atomic E-state index is 15.0. The van der Waals surface area contributed by atoms with Crippen LogP contribution in [0.5, 0.6) is 0 Å². The number of hydrogen-bond acceptors (Lipinski definition) is 0. The summed E-state index contributed by atoms with van der Waals surface area (Å²) < 4.78 is 56.9.